The second kappa shape index (κ2) is 6.05. The Morgan fingerprint density at radius 1 is 1.43 bits per heavy atom. The lowest BCUT2D eigenvalue weighted by molar-refractivity contribution is -0.148. The molecule has 6 heteroatoms. The van der Waals surface area contributed by atoms with E-state index >= 15 is 0 Å². The number of halogens is 1. The average Bonchev–Trinajstić information content (AvgIpc) is 2.87. The van der Waals surface area contributed by atoms with E-state index in [2.05, 4.69) is 15.9 Å². The summed E-state index contributed by atoms with van der Waals surface area (Å²) in [7, 11) is 0. The van der Waals surface area contributed by atoms with Gasteiger partial charge in [-0.2, -0.15) is 0 Å². The number of carbonyl (C=O) groups is 2. The summed E-state index contributed by atoms with van der Waals surface area (Å²) < 4.78 is 0.695. The number of phenols is 1. The number of phenolic OH excluding ortho intramolecular Hbond substituents is 1. The van der Waals surface area contributed by atoms with Crippen molar-refractivity contribution in [2.45, 2.75) is 26.2 Å². The Balaban J connectivity index is 2.22. The van der Waals surface area contributed by atoms with Crippen molar-refractivity contribution in [2.24, 2.45) is 5.41 Å². The number of hydrogen-bond acceptors (Lipinski definition) is 3. The van der Waals surface area contributed by atoms with Gasteiger partial charge in [-0.25, -0.2) is 0 Å². The number of nitrogens with zero attached hydrogens (tertiary/aromatic N) is 1. The van der Waals surface area contributed by atoms with Gasteiger partial charge in [-0.1, -0.05) is 29.3 Å². The fourth-order valence-corrected chi connectivity index (χ4v) is 3.22. The highest BCUT2D eigenvalue weighted by molar-refractivity contribution is 9.10. The van der Waals surface area contributed by atoms with Crippen LogP contribution in [0.1, 0.15) is 36.5 Å². The molecule has 1 heterocycles. The summed E-state index contributed by atoms with van der Waals surface area (Å²) >= 11 is 3.27. The summed E-state index contributed by atoms with van der Waals surface area (Å²) in [4.78, 5) is 25.6. The summed E-state index contributed by atoms with van der Waals surface area (Å²) in [6.07, 6.45) is 1.77. The van der Waals surface area contributed by atoms with Crippen LogP contribution in [0.25, 0.3) is 0 Å². The highest BCUT2D eigenvalue weighted by Gasteiger charge is 2.45. The molecule has 0 bridgehead atoms. The number of likely N-dealkylation sites (tertiary alicyclic amines) is 1. The zero-order chi connectivity index (χ0) is 15.6. The highest BCUT2D eigenvalue weighted by Crippen LogP contribution is 2.37. The van der Waals surface area contributed by atoms with Crippen LogP contribution in [-0.2, 0) is 4.79 Å². The predicted molar refractivity (Wildman–Crippen MR) is 81.3 cm³/mol. The molecule has 1 aliphatic rings. The van der Waals surface area contributed by atoms with E-state index in [1.165, 1.54) is 11.0 Å². The lowest BCUT2D eigenvalue weighted by Crippen LogP contribution is -2.37. The Hall–Kier alpha value is -1.56. The standard InChI is InChI=1S/C15H18BrNO4/c1-2-5-15(14(20)21)6-7-17(9-15)13(19)11-8-10(16)3-4-12(11)18/h3-4,8,18H,2,5-7,9H2,1H3,(H,20,21). The third kappa shape index (κ3) is 3.05. The van der Waals surface area contributed by atoms with E-state index in [0.29, 0.717) is 23.9 Å². The summed E-state index contributed by atoms with van der Waals surface area (Å²) in [6, 6.07) is 4.65. The van der Waals surface area contributed by atoms with E-state index in [1.54, 1.807) is 12.1 Å². The van der Waals surface area contributed by atoms with Gasteiger partial charge in [0.05, 0.1) is 11.0 Å². The number of benzene rings is 1. The molecule has 2 rings (SSSR count). The molecular weight excluding hydrogens is 338 g/mol. The SMILES string of the molecule is CCCC1(C(=O)O)CCN(C(=O)c2cc(Br)ccc2O)C1. The fourth-order valence-electron chi connectivity index (χ4n) is 2.86. The largest absolute Gasteiger partial charge is 0.507 e. The lowest BCUT2D eigenvalue weighted by Gasteiger charge is -2.24. The van der Waals surface area contributed by atoms with Gasteiger partial charge in [0.1, 0.15) is 5.75 Å². The van der Waals surface area contributed by atoms with Gasteiger partial charge in [0, 0.05) is 17.6 Å². The molecule has 1 saturated heterocycles. The fraction of sp³-hybridized carbons (Fsp3) is 0.467. The van der Waals surface area contributed by atoms with Gasteiger partial charge in [0.2, 0.25) is 0 Å². The van der Waals surface area contributed by atoms with Crippen LogP contribution < -0.4 is 0 Å². The third-order valence-corrected chi connectivity index (χ3v) is 4.51. The maximum absolute atomic E-state index is 12.5. The van der Waals surface area contributed by atoms with Gasteiger partial charge in [0.15, 0.2) is 0 Å². The first-order valence-corrected chi connectivity index (χ1v) is 7.70. The number of carboxylic acids is 1. The van der Waals surface area contributed by atoms with Crippen LogP contribution in [0.5, 0.6) is 5.75 Å². The van der Waals surface area contributed by atoms with Crippen molar-refractivity contribution in [1.29, 1.82) is 0 Å². The Labute approximate surface area is 131 Å². The predicted octanol–water partition coefficient (Wildman–Crippen LogP) is 2.87. The van der Waals surface area contributed by atoms with Crippen molar-refractivity contribution in [3.05, 3.63) is 28.2 Å². The van der Waals surface area contributed by atoms with E-state index in [9.17, 15) is 19.8 Å². The molecule has 1 aromatic rings. The second-order valence-electron chi connectivity index (χ2n) is 5.47. The van der Waals surface area contributed by atoms with Gasteiger partial charge in [-0.05, 0) is 31.0 Å². The zero-order valence-corrected chi connectivity index (χ0v) is 13.4. The van der Waals surface area contributed by atoms with Crippen molar-refractivity contribution in [1.82, 2.24) is 4.90 Å². The van der Waals surface area contributed by atoms with Crippen LogP contribution in [0.4, 0.5) is 0 Å². The van der Waals surface area contributed by atoms with E-state index < -0.39 is 11.4 Å². The minimum absolute atomic E-state index is 0.0912. The number of aromatic hydroxyl groups is 1. The highest BCUT2D eigenvalue weighted by atomic mass is 79.9. The molecule has 0 aliphatic carbocycles. The van der Waals surface area contributed by atoms with Crippen molar-refractivity contribution < 1.29 is 19.8 Å². The number of amides is 1. The van der Waals surface area contributed by atoms with Gasteiger partial charge in [0.25, 0.3) is 5.91 Å². The van der Waals surface area contributed by atoms with Crippen molar-refractivity contribution >= 4 is 27.8 Å². The minimum Gasteiger partial charge on any atom is -0.507 e. The minimum atomic E-state index is -0.855. The van der Waals surface area contributed by atoms with E-state index in [4.69, 9.17) is 0 Å². The number of rotatable bonds is 4. The molecule has 1 amide bonds. The van der Waals surface area contributed by atoms with Crippen molar-refractivity contribution in [2.75, 3.05) is 13.1 Å². The van der Waals surface area contributed by atoms with Crippen LogP contribution in [0, 0.1) is 5.41 Å². The van der Waals surface area contributed by atoms with Crippen molar-refractivity contribution in [3.63, 3.8) is 0 Å². The van der Waals surface area contributed by atoms with Gasteiger partial charge >= 0.3 is 5.97 Å². The lowest BCUT2D eigenvalue weighted by atomic mass is 9.83. The molecular formula is C15H18BrNO4. The molecule has 0 saturated carbocycles. The van der Waals surface area contributed by atoms with Gasteiger partial charge < -0.3 is 15.1 Å². The molecule has 0 aromatic heterocycles. The first kappa shape index (κ1) is 15.8. The maximum atomic E-state index is 12.5. The van der Waals surface area contributed by atoms with Crippen LogP contribution in [0.15, 0.2) is 22.7 Å². The van der Waals surface area contributed by atoms with E-state index in [0.717, 1.165) is 6.42 Å². The Morgan fingerprint density at radius 2 is 2.14 bits per heavy atom. The molecule has 114 valence electrons. The summed E-state index contributed by atoms with van der Waals surface area (Å²) in [5.74, 6) is -1.27. The Bertz CT molecular complexity index is 575. The summed E-state index contributed by atoms with van der Waals surface area (Å²) in [5, 5.41) is 19.3. The second-order valence-corrected chi connectivity index (χ2v) is 6.39. The van der Waals surface area contributed by atoms with Gasteiger partial charge in [-0.15, -0.1) is 0 Å². The molecule has 1 atom stereocenters. The topological polar surface area (TPSA) is 77.8 Å². The Kier molecular flexibility index (Phi) is 4.56. The zero-order valence-electron chi connectivity index (χ0n) is 11.8. The molecule has 0 radical (unpaired) electrons. The average molecular weight is 356 g/mol. The number of carboxylic acid groups (broad SMARTS) is 1. The number of aliphatic carboxylic acids is 1. The van der Waals surface area contributed by atoms with Crippen LogP contribution in [0.3, 0.4) is 0 Å². The normalized spacial score (nSPS) is 21.5. The first-order chi connectivity index (χ1) is 9.89. The van der Waals surface area contributed by atoms with E-state index in [1.807, 2.05) is 6.92 Å². The first-order valence-electron chi connectivity index (χ1n) is 6.91. The molecule has 1 aliphatic heterocycles. The van der Waals surface area contributed by atoms with Crippen molar-refractivity contribution in [3.8, 4) is 5.75 Å². The van der Waals surface area contributed by atoms with Crippen LogP contribution >= 0.6 is 15.9 Å². The van der Waals surface area contributed by atoms with E-state index in [-0.39, 0.29) is 23.8 Å². The van der Waals surface area contributed by atoms with Gasteiger partial charge in [-0.3, -0.25) is 9.59 Å². The molecule has 21 heavy (non-hydrogen) atoms. The monoisotopic (exact) mass is 355 g/mol. The molecule has 2 N–H and O–H groups in total. The smallest absolute Gasteiger partial charge is 0.311 e. The third-order valence-electron chi connectivity index (χ3n) is 4.01. The quantitative estimate of drug-likeness (QED) is 0.870. The Morgan fingerprint density at radius 3 is 2.76 bits per heavy atom. The number of hydrogen-bond donors (Lipinski definition) is 2. The molecule has 5 nitrogen and oxygen atoms in total. The molecule has 1 unspecified atom stereocenters. The van der Waals surface area contributed by atoms with Crippen LogP contribution in [-0.4, -0.2) is 40.1 Å². The van der Waals surface area contributed by atoms with Crippen LogP contribution in [0.2, 0.25) is 0 Å². The molecule has 1 fully saturated rings. The summed E-state index contributed by atoms with van der Waals surface area (Å²) in [6.45, 7) is 2.54. The molecule has 1 aromatic carbocycles. The summed E-state index contributed by atoms with van der Waals surface area (Å²) in [5.41, 5.74) is -0.659. The maximum Gasteiger partial charge on any atom is 0.311 e. The molecule has 0 spiro atoms. The number of carbonyl (C=O) groups excluding carboxylic acids is 1.